The average Bonchev–Trinajstić information content (AvgIpc) is 3.52. The van der Waals surface area contributed by atoms with E-state index in [0.717, 1.165) is 7.11 Å². The SMILES string of the molecule is COP(=O)(OCCC#N)O[C@H]1C[C@H](n2cnc3c(=O)[nH]c(NC(=O)COc4ccccc4)nc32)O[C@@H]1CO. The number of amides is 1. The van der Waals surface area contributed by atoms with Crippen molar-refractivity contribution in [2.24, 2.45) is 0 Å². The van der Waals surface area contributed by atoms with E-state index in [-0.39, 0.29) is 43.2 Å². The van der Waals surface area contributed by atoms with E-state index in [2.05, 4.69) is 20.3 Å². The smallest absolute Gasteiger partial charge is 0.474 e. The summed E-state index contributed by atoms with van der Waals surface area (Å²) in [5.74, 6) is -0.190. The molecule has 16 heteroatoms. The molecule has 1 aliphatic rings. The summed E-state index contributed by atoms with van der Waals surface area (Å²) in [7, 11) is -2.91. The number of aliphatic hydroxyl groups is 1. The van der Waals surface area contributed by atoms with Gasteiger partial charge < -0.3 is 14.6 Å². The number of hydrogen-bond acceptors (Lipinski definition) is 12. The number of nitrogens with zero attached hydrogens (tertiary/aromatic N) is 4. The zero-order valence-corrected chi connectivity index (χ0v) is 21.1. The number of nitrogens with one attached hydrogen (secondary N) is 2. The molecule has 3 heterocycles. The van der Waals surface area contributed by atoms with E-state index in [1.807, 2.05) is 12.1 Å². The van der Waals surface area contributed by atoms with E-state index in [1.54, 1.807) is 24.3 Å². The van der Waals surface area contributed by atoms with Crippen molar-refractivity contribution in [3.05, 3.63) is 47.0 Å². The number of aliphatic hydroxyl groups excluding tert-OH is 1. The minimum absolute atomic E-state index is 0.0144. The van der Waals surface area contributed by atoms with Gasteiger partial charge in [0.25, 0.3) is 11.5 Å². The lowest BCUT2D eigenvalue weighted by Gasteiger charge is -2.21. The molecule has 1 saturated heterocycles. The van der Waals surface area contributed by atoms with Crippen LogP contribution in [0.3, 0.4) is 0 Å². The maximum absolute atomic E-state index is 12.8. The summed E-state index contributed by atoms with van der Waals surface area (Å²) < 4.78 is 41.0. The lowest BCUT2D eigenvalue weighted by molar-refractivity contribution is -0.118. The molecule has 0 bridgehead atoms. The van der Waals surface area contributed by atoms with Crippen LogP contribution in [0.2, 0.25) is 0 Å². The molecule has 1 unspecified atom stereocenters. The number of para-hydroxylation sites is 1. The molecule has 0 spiro atoms. The molecule has 15 nitrogen and oxygen atoms in total. The molecule has 3 N–H and O–H groups in total. The van der Waals surface area contributed by atoms with E-state index in [4.69, 9.17) is 28.3 Å². The Kier molecular flexibility index (Phi) is 8.85. The fraction of sp³-hybridized carbons (Fsp3) is 0.409. The molecule has 0 aliphatic carbocycles. The lowest BCUT2D eigenvalue weighted by Crippen LogP contribution is -2.27. The average molecular weight is 548 g/mol. The Hall–Kier alpha value is -3.64. The molecular weight excluding hydrogens is 523 g/mol. The Labute approximate surface area is 215 Å². The number of imidazole rings is 1. The molecular formula is C22H25N6O9P. The van der Waals surface area contributed by atoms with Crippen LogP contribution >= 0.6 is 7.82 Å². The van der Waals surface area contributed by atoms with Crippen molar-refractivity contribution in [1.29, 1.82) is 5.26 Å². The van der Waals surface area contributed by atoms with Gasteiger partial charge in [0.2, 0.25) is 5.95 Å². The molecule has 2 aromatic heterocycles. The molecule has 3 aromatic rings. The Morgan fingerprint density at radius 1 is 1.39 bits per heavy atom. The minimum Gasteiger partial charge on any atom is -0.484 e. The monoisotopic (exact) mass is 548 g/mol. The summed E-state index contributed by atoms with van der Waals surface area (Å²) >= 11 is 0. The van der Waals surface area contributed by atoms with Gasteiger partial charge in [-0.1, -0.05) is 18.2 Å². The first-order chi connectivity index (χ1) is 18.4. The number of fused-ring (bicyclic) bond motifs is 1. The van der Waals surface area contributed by atoms with Gasteiger partial charge in [-0.15, -0.1) is 0 Å². The second-order valence-corrected chi connectivity index (χ2v) is 9.68. The van der Waals surface area contributed by atoms with Gasteiger partial charge in [-0.2, -0.15) is 10.2 Å². The molecule has 1 amide bonds. The number of phosphoric acid groups is 1. The summed E-state index contributed by atoms with van der Waals surface area (Å²) in [6.45, 7) is -0.970. The number of phosphoric ester groups is 1. The van der Waals surface area contributed by atoms with Crippen molar-refractivity contribution in [3.63, 3.8) is 0 Å². The number of rotatable bonds is 12. The summed E-state index contributed by atoms with van der Waals surface area (Å²) in [4.78, 5) is 35.7. The topological polar surface area (TPSA) is 200 Å². The van der Waals surface area contributed by atoms with Crippen molar-refractivity contribution < 1.29 is 37.5 Å². The van der Waals surface area contributed by atoms with E-state index in [9.17, 15) is 19.3 Å². The van der Waals surface area contributed by atoms with Crippen LogP contribution in [0.25, 0.3) is 11.2 Å². The van der Waals surface area contributed by atoms with Gasteiger partial charge in [-0.25, -0.2) is 9.55 Å². The second-order valence-electron chi connectivity index (χ2n) is 7.95. The molecule has 38 heavy (non-hydrogen) atoms. The first-order valence-corrected chi connectivity index (χ1v) is 12.9. The summed E-state index contributed by atoms with van der Waals surface area (Å²) in [5, 5.41) is 20.9. The van der Waals surface area contributed by atoms with Crippen LogP contribution in [0.5, 0.6) is 5.75 Å². The third-order valence-corrected chi connectivity index (χ3v) is 6.90. The Morgan fingerprint density at radius 2 is 2.18 bits per heavy atom. The lowest BCUT2D eigenvalue weighted by atomic mass is 10.2. The van der Waals surface area contributed by atoms with Gasteiger partial charge in [0, 0.05) is 13.5 Å². The van der Waals surface area contributed by atoms with Crippen LogP contribution in [-0.4, -0.2) is 69.7 Å². The predicted molar refractivity (Wildman–Crippen MR) is 130 cm³/mol. The Bertz CT molecular complexity index is 1410. The zero-order valence-electron chi connectivity index (χ0n) is 20.2. The molecule has 202 valence electrons. The quantitative estimate of drug-likeness (QED) is 0.218. The highest BCUT2D eigenvalue weighted by atomic mass is 31.2. The van der Waals surface area contributed by atoms with Crippen LogP contribution in [0.15, 0.2) is 41.5 Å². The highest BCUT2D eigenvalue weighted by Gasteiger charge is 2.42. The van der Waals surface area contributed by atoms with Crippen molar-refractivity contribution in [2.45, 2.75) is 31.3 Å². The molecule has 0 radical (unpaired) electrons. The Balaban J connectivity index is 1.49. The number of hydrogen-bond donors (Lipinski definition) is 3. The highest BCUT2D eigenvalue weighted by Crippen LogP contribution is 2.52. The summed E-state index contributed by atoms with van der Waals surface area (Å²) in [5.41, 5.74) is -0.526. The van der Waals surface area contributed by atoms with Crippen LogP contribution in [0.1, 0.15) is 19.1 Å². The second kappa shape index (κ2) is 12.3. The number of aromatic nitrogens is 4. The molecule has 4 atom stereocenters. The number of nitriles is 1. The third-order valence-electron chi connectivity index (χ3n) is 5.43. The zero-order chi connectivity index (χ0) is 27.1. The number of carbonyl (C=O) groups excluding carboxylic acids is 1. The van der Waals surface area contributed by atoms with E-state index in [0.29, 0.717) is 5.75 Å². The van der Waals surface area contributed by atoms with Crippen molar-refractivity contribution in [1.82, 2.24) is 19.5 Å². The first-order valence-electron chi connectivity index (χ1n) is 11.4. The molecule has 1 aromatic carbocycles. The number of carbonyl (C=O) groups is 1. The fourth-order valence-corrected chi connectivity index (χ4v) is 4.79. The van der Waals surface area contributed by atoms with Gasteiger partial charge in [0.05, 0.1) is 32.0 Å². The molecule has 0 saturated carbocycles. The van der Waals surface area contributed by atoms with Crippen LogP contribution in [0, 0.1) is 11.3 Å². The summed E-state index contributed by atoms with van der Waals surface area (Å²) in [6.07, 6.45) is -1.32. The number of benzene rings is 1. The van der Waals surface area contributed by atoms with Crippen LogP contribution in [-0.2, 0) is 27.7 Å². The largest absolute Gasteiger partial charge is 0.484 e. The van der Waals surface area contributed by atoms with Crippen molar-refractivity contribution in [3.8, 4) is 11.8 Å². The van der Waals surface area contributed by atoms with Crippen LogP contribution in [0.4, 0.5) is 5.95 Å². The first kappa shape index (κ1) is 27.4. The molecule has 4 rings (SSSR count). The normalized spacial score (nSPS) is 20.6. The van der Waals surface area contributed by atoms with E-state index < -0.39 is 44.3 Å². The van der Waals surface area contributed by atoms with E-state index >= 15 is 0 Å². The Morgan fingerprint density at radius 3 is 2.89 bits per heavy atom. The number of anilines is 1. The standard InChI is InChI=1S/C22H25N6O9P/c1-33-38(32,35-9-5-8-23)37-15-10-18(36-16(15)11-29)28-13-24-19-20(28)26-22(27-21(19)31)25-17(30)12-34-14-6-3-2-4-7-14/h2-4,6-7,13,15-16,18,29H,5,9-12H2,1H3,(H2,25,26,27,30,31)/t15-,16+,18+,38?/m0/s1. The third kappa shape index (κ3) is 6.43. The maximum Gasteiger partial charge on any atom is 0.474 e. The number of H-pyrrole nitrogens is 1. The van der Waals surface area contributed by atoms with E-state index in [1.165, 1.54) is 10.9 Å². The van der Waals surface area contributed by atoms with Gasteiger partial charge in [-0.3, -0.25) is 38.0 Å². The van der Waals surface area contributed by atoms with Gasteiger partial charge in [0.1, 0.15) is 24.2 Å². The minimum atomic E-state index is -4.04. The molecule has 1 fully saturated rings. The van der Waals surface area contributed by atoms with Crippen molar-refractivity contribution >= 4 is 30.8 Å². The predicted octanol–water partition coefficient (Wildman–Crippen LogP) is 1.49. The van der Waals surface area contributed by atoms with Gasteiger partial charge in [0.15, 0.2) is 17.8 Å². The fourth-order valence-electron chi connectivity index (χ4n) is 3.67. The maximum atomic E-state index is 12.8. The summed E-state index contributed by atoms with van der Waals surface area (Å²) in [6, 6.07) is 10.6. The van der Waals surface area contributed by atoms with Gasteiger partial charge >= 0.3 is 7.82 Å². The van der Waals surface area contributed by atoms with Gasteiger partial charge in [-0.05, 0) is 12.1 Å². The van der Waals surface area contributed by atoms with Crippen LogP contribution < -0.4 is 15.6 Å². The highest BCUT2D eigenvalue weighted by molar-refractivity contribution is 7.48. The molecule has 1 aliphatic heterocycles. The number of aromatic amines is 1. The number of ether oxygens (including phenoxy) is 2. The van der Waals surface area contributed by atoms with Crippen molar-refractivity contribution in [2.75, 3.05) is 32.2 Å².